The van der Waals surface area contributed by atoms with Crippen molar-refractivity contribution in [3.8, 4) is 11.4 Å². The van der Waals surface area contributed by atoms with E-state index < -0.39 is 17.6 Å². The van der Waals surface area contributed by atoms with E-state index in [9.17, 15) is 18.0 Å². The number of amides is 1. The summed E-state index contributed by atoms with van der Waals surface area (Å²) in [5, 5.41) is 6.75. The van der Waals surface area contributed by atoms with Gasteiger partial charge >= 0.3 is 6.18 Å². The molecule has 0 spiro atoms. The maximum atomic E-state index is 12.9. The van der Waals surface area contributed by atoms with Crippen LogP contribution in [0.25, 0.3) is 5.69 Å². The van der Waals surface area contributed by atoms with Crippen LogP contribution in [0, 0.1) is 0 Å². The van der Waals surface area contributed by atoms with E-state index in [4.69, 9.17) is 9.47 Å². The van der Waals surface area contributed by atoms with Crippen molar-refractivity contribution in [2.75, 3.05) is 26.9 Å². The van der Waals surface area contributed by atoms with E-state index in [1.807, 2.05) is 6.92 Å². The van der Waals surface area contributed by atoms with Crippen molar-refractivity contribution in [3.63, 3.8) is 0 Å². The number of nitrogens with zero attached hydrogens (tertiary/aromatic N) is 2. The van der Waals surface area contributed by atoms with Gasteiger partial charge in [0.25, 0.3) is 5.91 Å². The van der Waals surface area contributed by atoms with Gasteiger partial charge in [-0.1, -0.05) is 6.07 Å². The Bertz CT molecular complexity index is 744. The molecule has 2 rings (SSSR count). The molecule has 9 heteroatoms. The summed E-state index contributed by atoms with van der Waals surface area (Å²) >= 11 is 0. The molecule has 0 aliphatic carbocycles. The number of nitrogens with one attached hydrogen (secondary N) is 1. The van der Waals surface area contributed by atoms with Gasteiger partial charge in [0.05, 0.1) is 24.6 Å². The van der Waals surface area contributed by atoms with Crippen LogP contribution in [0.2, 0.25) is 0 Å². The first-order chi connectivity index (χ1) is 12.4. The third kappa shape index (κ3) is 4.98. The molecule has 1 aromatic heterocycles. The fourth-order valence-corrected chi connectivity index (χ4v) is 2.23. The molecule has 0 saturated carbocycles. The topological polar surface area (TPSA) is 65.4 Å². The molecule has 1 heterocycles. The van der Waals surface area contributed by atoms with Gasteiger partial charge in [0.1, 0.15) is 0 Å². The lowest BCUT2D eigenvalue weighted by Crippen LogP contribution is -2.26. The number of methoxy groups -OCH3 is 1. The number of hydrogen-bond acceptors (Lipinski definition) is 4. The van der Waals surface area contributed by atoms with Crippen molar-refractivity contribution >= 4 is 5.91 Å². The average Bonchev–Trinajstić information content (AvgIpc) is 3.05. The second-order valence-corrected chi connectivity index (χ2v) is 5.35. The van der Waals surface area contributed by atoms with Gasteiger partial charge in [-0.25, -0.2) is 4.68 Å². The number of benzene rings is 1. The van der Waals surface area contributed by atoms with E-state index in [1.54, 1.807) is 0 Å². The molecule has 1 aromatic carbocycles. The molecule has 1 amide bonds. The number of alkyl halides is 3. The lowest BCUT2D eigenvalue weighted by atomic mass is 10.2. The summed E-state index contributed by atoms with van der Waals surface area (Å²) in [6.45, 7) is 3.39. The number of hydrogen-bond donors (Lipinski definition) is 1. The first-order valence-corrected chi connectivity index (χ1v) is 8.04. The molecule has 0 fully saturated rings. The molecule has 6 nitrogen and oxygen atoms in total. The molecule has 26 heavy (non-hydrogen) atoms. The van der Waals surface area contributed by atoms with E-state index in [0.29, 0.717) is 26.2 Å². The minimum Gasteiger partial charge on any atom is -0.493 e. The summed E-state index contributed by atoms with van der Waals surface area (Å²) in [7, 11) is 1.36. The fraction of sp³-hybridized carbons (Fsp3) is 0.412. The fourth-order valence-electron chi connectivity index (χ4n) is 2.23. The van der Waals surface area contributed by atoms with Crippen LogP contribution in [-0.2, 0) is 10.9 Å². The van der Waals surface area contributed by atoms with E-state index in [2.05, 4.69) is 10.4 Å². The zero-order valence-electron chi connectivity index (χ0n) is 14.5. The summed E-state index contributed by atoms with van der Waals surface area (Å²) in [5.74, 6) is -0.297. The van der Waals surface area contributed by atoms with Gasteiger partial charge in [0, 0.05) is 19.8 Å². The Balaban J connectivity index is 2.17. The Morgan fingerprint density at radius 3 is 2.77 bits per heavy atom. The Morgan fingerprint density at radius 1 is 1.35 bits per heavy atom. The predicted octanol–water partition coefficient (Wildman–Crippen LogP) is 3.06. The quantitative estimate of drug-likeness (QED) is 0.725. The van der Waals surface area contributed by atoms with Gasteiger partial charge in [0.2, 0.25) is 0 Å². The summed E-state index contributed by atoms with van der Waals surface area (Å²) in [6, 6.07) is 4.66. The summed E-state index contributed by atoms with van der Waals surface area (Å²) in [5.41, 5.74) is -0.624. The molecular weight excluding hydrogens is 351 g/mol. The number of ether oxygens (including phenoxy) is 2. The second-order valence-electron chi connectivity index (χ2n) is 5.35. The molecule has 0 saturated heterocycles. The third-order valence-electron chi connectivity index (χ3n) is 3.51. The number of aromatic nitrogens is 2. The monoisotopic (exact) mass is 371 g/mol. The van der Waals surface area contributed by atoms with E-state index in [0.717, 1.165) is 12.1 Å². The highest BCUT2D eigenvalue weighted by Crippen LogP contribution is 2.30. The smallest absolute Gasteiger partial charge is 0.416 e. The maximum Gasteiger partial charge on any atom is 0.416 e. The highest BCUT2D eigenvalue weighted by atomic mass is 19.4. The Labute approximate surface area is 148 Å². The number of carbonyl (C=O) groups is 1. The Morgan fingerprint density at radius 2 is 2.12 bits per heavy atom. The van der Waals surface area contributed by atoms with Crippen molar-refractivity contribution in [2.24, 2.45) is 0 Å². The minimum atomic E-state index is -4.46. The van der Waals surface area contributed by atoms with Crippen molar-refractivity contribution in [1.29, 1.82) is 0 Å². The molecule has 142 valence electrons. The first-order valence-electron chi connectivity index (χ1n) is 8.04. The van der Waals surface area contributed by atoms with Gasteiger partial charge < -0.3 is 14.8 Å². The SMILES string of the molecule is CCOCCCNC(=O)c1nn(-c2cccc(C(F)(F)F)c2)cc1OC. The number of rotatable bonds is 8. The van der Waals surface area contributed by atoms with Gasteiger partial charge in [-0.05, 0) is 31.5 Å². The van der Waals surface area contributed by atoms with Crippen LogP contribution in [0.15, 0.2) is 30.5 Å². The molecule has 0 atom stereocenters. The van der Waals surface area contributed by atoms with Crippen LogP contribution in [0.5, 0.6) is 5.75 Å². The zero-order chi connectivity index (χ0) is 19.2. The van der Waals surface area contributed by atoms with Crippen molar-refractivity contribution < 1.29 is 27.4 Å². The lowest BCUT2D eigenvalue weighted by Gasteiger charge is -2.08. The maximum absolute atomic E-state index is 12.9. The van der Waals surface area contributed by atoms with E-state index in [1.165, 1.54) is 30.1 Å². The molecule has 2 aromatic rings. The normalized spacial score (nSPS) is 11.4. The Hall–Kier alpha value is -2.55. The standard InChI is InChI=1S/C17H20F3N3O3/c1-3-26-9-5-8-21-16(24)15-14(25-2)11-23(22-15)13-7-4-6-12(10-13)17(18,19)20/h4,6-7,10-11H,3,5,8-9H2,1-2H3,(H,21,24). The lowest BCUT2D eigenvalue weighted by molar-refractivity contribution is -0.137. The molecule has 0 aliphatic rings. The number of carbonyl (C=O) groups excluding carboxylic acids is 1. The highest BCUT2D eigenvalue weighted by molar-refractivity contribution is 5.94. The van der Waals surface area contributed by atoms with Gasteiger partial charge in [0.15, 0.2) is 11.4 Å². The molecule has 1 N–H and O–H groups in total. The predicted molar refractivity (Wildman–Crippen MR) is 88.6 cm³/mol. The third-order valence-corrected chi connectivity index (χ3v) is 3.51. The van der Waals surface area contributed by atoms with Crippen molar-refractivity contribution in [1.82, 2.24) is 15.1 Å². The summed E-state index contributed by atoms with van der Waals surface area (Å²) in [4.78, 5) is 12.2. The van der Waals surface area contributed by atoms with Gasteiger partial charge in [-0.15, -0.1) is 0 Å². The van der Waals surface area contributed by atoms with Crippen LogP contribution in [0.3, 0.4) is 0 Å². The summed E-state index contributed by atoms with van der Waals surface area (Å²) < 4.78 is 50.1. The first kappa shape index (κ1) is 19.8. The number of halogens is 3. The largest absolute Gasteiger partial charge is 0.493 e. The Kier molecular flexibility index (Phi) is 6.62. The molecule has 0 unspecified atom stereocenters. The van der Waals surface area contributed by atoms with Crippen LogP contribution < -0.4 is 10.1 Å². The average molecular weight is 371 g/mol. The van der Waals surface area contributed by atoms with Crippen LogP contribution >= 0.6 is 0 Å². The molecule has 0 aliphatic heterocycles. The van der Waals surface area contributed by atoms with Gasteiger partial charge in [-0.3, -0.25) is 4.79 Å². The highest BCUT2D eigenvalue weighted by Gasteiger charge is 2.30. The van der Waals surface area contributed by atoms with Crippen LogP contribution in [0.1, 0.15) is 29.4 Å². The summed E-state index contributed by atoms with van der Waals surface area (Å²) in [6.07, 6.45) is -2.46. The van der Waals surface area contributed by atoms with E-state index >= 15 is 0 Å². The van der Waals surface area contributed by atoms with Gasteiger partial charge in [-0.2, -0.15) is 18.3 Å². The molecule has 0 radical (unpaired) electrons. The molecular formula is C17H20F3N3O3. The molecule has 0 bridgehead atoms. The van der Waals surface area contributed by atoms with Crippen LogP contribution in [-0.4, -0.2) is 42.6 Å². The zero-order valence-corrected chi connectivity index (χ0v) is 14.5. The van der Waals surface area contributed by atoms with Crippen molar-refractivity contribution in [3.05, 3.63) is 41.7 Å². The minimum absolute atomic E-state index is 0.00122. The van der Waals surface area contributed by atoms with E-state index in [-0.39, 0.29) is 17.1 Å². The van der Waals surface area contributed by atoms with Crippen LogP contribution in [0.4, 0.5) is 13.2 Å². The second kappa shape index (κ2) is 8.70. The van der Waals surface area contributed by atoms with Crippen molar-refractivity contribution in [2.45, 2.75) is 19.5 Å².